The second-order valence-electron chi connectivity index (χ2n) is 5.06. The summed E-state index contributed by atoms with van der Waals surface area (Å²) in [7, 11) is 0. The highest BCUT2D eigenvalue weighted by Crippen LogP contribution is 2.31. The van der Waals surface area contributed by atoms with Crippen LogP contribution in [0.5, 0.6) is 0 Å². The molecule has 1 aromatic rings. The maximum Gasteiger partial charge on any atom is 0.107 e. The van der Waals surface area contributed by atoms with Crippen molar-refractivity contribution in [2.45, 2.75) is 25.9 Å². The van der Waals surface area contributed by atoms with Crippen LogP contribution in [0.2, 0.25) is 5.02 Å². The number of halogens is 1. The molecule has 1 saturated heterocycles. The summed E-state index contributed by atoms with van der Waals surface area (Å²) < 4.78 is 0. The lowest BCUT2D eigenvalue weighted by Gasteiger charge is -2.35. The highest BCUT2D eigenvalue weighted by Gasteiger charge is 2.24. The quantitative estimate of drug-likeness (QED) is 0.842. The lowest BCUT2D eigenvalue weighted by Crippen LogP contribution is -2.38. The minimum atomic E-state index is -0.239. The van der Waals surface area contributed by atoms with Crippen molar-refractivity contribution < 1.29 is 5.11 Å². The van der Waals surface area contributed by atoms with Crippen molar-refractivity contribution in [3.8, 4) is 0 Å². The van der Waals surface area contributed by atoms with E-state index in [0.717, 1.165) is 37.2 Å². The van der Waals surface area contributed by atoms with Gasteiger partial charge in [0.1, 0.15) is 4.99 Å². The van der Waals surface area contributed by atoms with Crippen molar-refractivity contribution in [3.63, 3.8) is 0 Å². The standard InChI is InChI=1S/C14H19ClN2OS/c1-9(18)10-5-7-17(8-6-10)12-4-2-3-11(15)13(12)14(16)19/h2-4,9-10,18H,5-8H2,1H3,(H2,16,19). The van der Waals surface area contributed by atoms with Gasteiger partial charge in [-0.25, -0.2) is 0 Å². The Bertz CT molecular complexity index is 471. The van der Waals surface area contributed by atoms with E-state index in [0.29, 0.717) is 15.9 Å². The second-order valence-corrected chi connectivity index (χ2v) is 5.91. The molecule has 2 rings (SSSR count). The number of rotatable bonds is 3. The third kappa shape index (κ3) is 3.19. The molecule has 0 aromatic heterocycles. The number of anilines is 1. The van der Waals surface area contributed by atoms with Crippen molar-refractivity contribution in [2.24, 2.45) is 11.7 Å². The van der Waals surface area contributed by atoms with Crippen LogP contribution in [-0.4, -0.2) is 29.3 Å². The van der Waals surface area contributed by atoms with Gasteiger partial charge in [0.2, 0.25) is 0 Å². The number of benzene rings is 1. The van der Waals surface area contributed by atoms with Gasteiger partial charge in [0, 0.05) is 18.8 Å². The molecular formula is C14H19ClN2OS. The molecule has 5 heteroatoms. The smallest absolute Gasteiger partial charge is 0.107 e. The highest BCUT2D eigenvalue weighted by atomic mass is 35.5. The van der Waals surface area contributed by atoms with Crippen LogP contribution in [0, 0.1) is 5.92 Å². The number of hydrogen-bond acceptors (Lipinski definition) is 3. The van der Waals surface area contributed by atoms with Crippen molar-refractivity contribution in [1.82, 2.24) is 0 Å². The van der Waals surface area contributed by atoms with E-state index in [1.807, 2.05) is 25.1 Å². The molecule has 1 aliphatic heterocycles. The van der Waals surface area contributed by atoms with E-state index in [1.54, 1.807) is 0 Å². The fourth-order valence-electron chi connectivity index (χ4n) is 2.64. The van der Waals surface area contributed by atoms with E-state index in [-0.39, 0.29) is 6.10 Å². The maximum atomic E-state index is 9.64. The fourth-order valence-corrected chi connectivity index (χ4v) is 3.18. The molecule has 0 bridgehead atoms. The van der Waals surface area contributed by atoms with Crippen molar-refractivity contribution >= 4 is 34.5 Å². The number of aliphatic hydroxyl groups excluding tert-OH is 1. The Labute approximate surface area is 124 Å². The van der Waals surface area contributed by atoms with Crippen LogP contribution in [0.1, 0.15) is 25.3 Å². The van der Waals surface area contributed by atoms with Crippen molar-refractivity contribution in [3.05, 3.63) is 28.8 Å². The summed E-state index contributed by atoms with van der Waals surface area (Å²) in [5.41, 5.74) is 7.54. The molecular weight excluding hydrogens is 280 g/mol. The minimum absolute atomic E-state index is 0.239. The molecule has 0 amide bonds. The normalized spacial score (nSPS) is 18.4. The first-order valence-corrected chi connectivity index (χ1v) is 7.30. The molecule has 0 radical (unpaired) electrons. The lowest BCUT2D eigenvalue weighted by atomic mass is 9.91. The molecule has 0 saturated carbocycles. The van der Waals surface area contributed by atoms with Crippen molar-refractivity contribution in [1.29, 1.82) is 0 Å². The molecule has 1 heterocycles. The van der Waals surface area contributed by atoms with E-state index >= 15 is 0 Å². The SMILES string of the molecule is CC(O)C1CCN(c2cccc(Cl)c2C(N)=S)CC1. The Hall–Kier alpha value is -0.840. The first-order valence-electron chi connectivity index (χ1n) is 6.52. The first-order chi connectivity index (χ1) is 9.00. The summed E-state index contributed by atoms with van der Waals surface area (Å²) in [6, 6.07) is 5.73. The van der Waals surface area contributed by atoms with Gasteiger partial charge >= 0.3 is 0 Å². The molecule has 1 aromatic carbocycles. The Kier molecular flexibility index (Phi) is 4.66. The van der Waals surface area contributed by atoms with Gasteiger partial charge in [-0.05, 0) is 37.8 Å². The monoisotopic (exact) mass is 298 g/mol. The first kappa shape index (κ1) is 14.6. The summed E-state index contributed by atoms with van der Waals surface area (Å²) in [5.74, 6) is 0.378. The number of nitrogens with two attached hydrogens (primary N) is 1. The summed E-state index contributed by atoms with van der Waals surface area (Å²) >= 11 is 11.3. The van der Waals surface area contributed by atoms with Gasteiger partial charge in [-0.15, -0.1) is 0 Å². The third-order valence-corrected chi connectivity index (χ3v) is 4.32. The molecule has 1 unspecified atom stereocenters. The Morgan fingerprint density at radius 2 is 2.11 bits per heavy atom. The van der Waals surface area contributed by atoms with E-state index in [1.165, 1.54) is 0 Å². The second kappa shape index (κ2) is 6.07. The molecule has 1 fully saturated rings. The van der Waals surface area contributed by atoms with Gasteiger partial charge < -0.3 is 15.7 Å². The lowest BCUT2D eigenvalue weighted by molar-refractivity contribution is 0.110. The maximum absolute atomic E-state index is 9.64. The molecule has 104 valence electrons. The van der Waals surface area contributed by atoms with Crippen LogP contribution in [0.25, 0.3) is 0 Å². The zero-order chi connectivity index (χ0) is 14.0. The van der Waals surface area contributed by atoms with Gasteiger partial charge in [-0.3, -0.25) is 0 Å². The van der Waals surface area contributed by atoms with Crippen LogP contribution in [0.3, 0.4) is 0 Å². The topological polar surface area (TPSA) is 49.5 Å². The molecule has 0 aliphatic carbocycles. The summed E-state index contributed by atoms with van der Waals surface area (Å²) in [6.07, 6.45) is 1.71. The number of thiocarbonyl (C=S) groups is 1. The Morgan fingerprint density at radius 3 is 2.63 bits per heavy atom. The molecule has 3 nitrogen and oxygen atoms in total. The van der Waals surface area contributed by atoms with Crippen molar-refractivity contribution in [2.75, 3.05) is 18.0 Å². The van der Waals surface area contributed by atoms with Crippen LogP contribution in [0.15, 0.2) is 18.2 Å². The summed E-state index contributed by atoms with van der Waals surface area (Å²) in [6.45, 7) is 3.65. The van der Waals surface area contributed by atoms with E-state index in [2.05, 4.69) is 4.90 Å². The molecule has 1 atom stereocenters. The molecule has 19 heavy (non-hydrogen) atoms. The number of nitrogens with zero attached hydrogens (tertiary/aromatic N) is 1. The summed E-state index contributed by atoms with van der Waals surface area (Å²) in [4.78, 5) is 2.58. The van der Waals surface area contributed by atoms with Gasteiger partial charge in [0.25, 0.3) is 0 Å². The van der Waals surface area contributed by atoms with Crippen LogP contribution >= 0.6 is 23.8 Å². The molecule has 1 aliphatic rings. The average Bonchev–Trinajstić information content (AvgIpc) is 2.38. The minimum Gasteiger partial charge on any atom is -0.393 e. The van der Waals surface area contributed by atoms with Crippen LogP contribution in [0.4, 0.5) is 5.69 Å². The summed E-state index contributed by atoms with van der Waals surface area (Å²) in [5, 5.41) is 10.2. The Morgan fingerprint density at radius 1 is 1.47 bits per heavy atom. The van der Waals surface area contributed by atoms with E-state index in [9.17, 15) is 5.11 Å². The van der Waals surface area contributed by atoms with Gasteiger partial charge in [0.05, 0.1) is 16.7 Å². The van der Waals surface area contributed by atoms with Crippen LogP contribution in [-0.2, 0) is 0 Å². The number of piperidine rings is 1. The number of aliphatic hydroxyl groups is 1. The predicted octanol–water partition coefficient (Wildman–Crippen LogP) is 2.57. The average molecular weight is 299 g/mol. The number of hydrogen-bond donors (Lipinski definition) is 2. The largest absolute Gasteiger partial charge is 0.393 e. The molecule has 3 N–H and O–H groups in total. The fraction of sp³-hybridized carbons (Fsp3) is 0.500. The van der Waals surface area contributed by atoms with E-state index in [4.69, 9.17) is 29.6 Å². The van der Waals surface area contributed by atoms with Gasteiger partial charge in [-0.1, -0.05) is 29.9 Å². The van der Waals surface area contributed by atoms with E-state index < -0.39 is 0 Å². The predicted molar refractivity (Wildman–Crippen MR) is 84.0 cm³/mol. The highest BCUT2D eigenvalue weighted by molar-refractivity contribution is 7.80. The van der Waals surface area contributed by atoms with Gasteiger partial charge in [0.15, 0.2) is 0 Å². The molecule has 0 spiro atoms. The third-order valence-electron chi connectivity index (χ3n) is 3.80. The Balaban J connectivity index is 2.20. The van der Waals surface area contributed by atoms with Crippen LogP contribution < -0.4 is 10.6 Å². The van der Waals surface area contributed by atoms with Gasteiger partial charge in [-0.2, -0.15) is 0 Å². The zero-order valence-electron chi connectivity index (χ0n) is 11.0. The zero-order valence-corrected chi connectivity index (χ0v) is 12.5.